The van der Waals surface area contributed by atoms with Gasteiger partial charge < -0.3 is 0 Å². The van der Waals surface area contributed by atoms with Crippen LogP contribution in [0.4, 0.5) is 0 Å². The van der Waals surface area contributed by atoms with E-state index in [1.165, 1.54) is 23.9 Å². The van der Waals surface area contributed by atoms with Crippen molar-refractivity contribution < 1.29 is 4.79 Å². The molecule has 3 rings (SSSR count). The van der Waals surface area contributed by atoms with Gasteiger partial charge in [0.2, 0.25) is 0 Å². The number of benzene rings is 3. The van der Waals surface area contributed by atoms with E-state index in [4.69, 9.17) is 0 Å². The summed E-state index contributed by atoms with van der Waals surface area (Å²) in [5.74, 6) is -0.0160. The number of carbonyl (C=O) groups excluding carboxylic acids is 1. The maximum atomic E-state index is 12.9. The van der Waals surface area contributed by atoms with Gasteiger partial charge in [0.05, 0.1) is 0 Å². The molecule has 24 heavy (non-hydrogen) atoms. The van der Waals surface area contributed by atoms with E-state index in [9.17, 15) is 4.79 Å². The number of nitrogens with zero attached hydrogens (tertiary/aromatic N) is 1. The average Bonchev–Trinajstić information content (AvgIpc) is 2.63. The lowest BCUT2D eigenvalue weighted by molar-refractivity contribution is 0.0934. The van der Waals surface area contributed by atoms with Crippen molar-refractivity contribution in [2.75, 3.05) is 0 Å². The molecule has 0 radical (unpaired) electrons. The van der Waals surface area contributed by atoms with Gasteiger partial charge in [-0.2, -0.15) is 0 Å². The van der Waals surface area contributed by atoms with Crippen LogP contribution in [0.3, 0.4) is 0 Å². The van der Waals surface area contributed by atoms with Crippen LogP contribution in [0, 0.1) is 6.92 Å². The van der Waals surface area contributed by atoms with Gasteiger partial charge in [-0.15, -0.1) is 0 Å². The third kappa shape index (κ3) is 4.43. The monoisotopic (exact) mass is 351 g/mol. The molecule has 0 unspecified atom stereocenters. The zero-order valence-electron chi connectivity index (χ0n) is 13.3. The second-order valence-corrected chi connectivity index (χ2v) is 7.51. The largest absolute Gasteiger partial charge is 0.274 e. The Labute approximate surface area is 151 Å². The molecule has 0 aromatic heterocycles. The van der Waals surface area contributed by atoms with Gasteiger partial charge >= 0.3 is 0 Å². The molecule has 0 saturated heterocycles. The van der Waals surface area contributed by atoms with Gasteiger partial charge in [0, 0.05) is 39.3 Å². The van der Waals surface area contributed by atoms with E-state index in [2.05, 4.69) is 0 Å². The highest BCUT2D eigenvalue weighted by atomic mass is 32.2. The topological polar surface area (TPSA) is 20.3 Å². The van der Waals surface area contributed by atoms with Crippen LogP contribution in [0.2, 0.25) is 0 Å². The lowest BCUT2D eigenvalue weighted by atomic mass is 10.1. The van der Waals surface area contributed by atoms with Crippen molar-refractivity contribution in [3.05, 3.63) is 96.1 Å². The molecule has 0 saturated carbocycles. The van der Waals surface area contributed by atoms with Crippen molar-refractivity contribution in [1.29, 1.82) is 0 Å². The number of aryl methyl sites for hydroxylation is 1. The first-order chi connectivity index (χ1) is 11.7. The molecular formula is C20H17NOS2. The van der Waals surface area contributed by atoms with Crippen LogP contribution in [-0.2, 0) is 0 Å². The van der Waals surface area contributed by atoms with E-state index in [-0.39, 0.29) is 5.91 Å². The molecule has 0 spiro atoms. The molecule has 3 aromatic rings. The second kappa shape index (κ2) is 8.08. The Balaban J connectivity index is 1.85. The van der Waals surface area contributed by atoms with Gasteiger partial charge in [0.25, 0.3) is 5.91 Å². The molecule has 4 heteroatoms. The number of rotatable bonds is 5. The summed E-state index contributed by atoms with van der Waals surface area (Å²) < 4.78 is 1.73. The fourth-order valence-corrected chi connectivity index (χ4v) is 4.04. The van der Waals surface area contributed by atoms with Crippen LogP contribution in [-0.4, -0.2) is 9.62 Å². The maximum Gasteiger partial charge on any atom is 0.274 e. The molecule has 0 N–H and O–H groups in total. The van der Waals surface area contributed by atoms with Crippen LogP contribution >= 0.6 is 23.9 Å². The summed E-state index contributed by atoms with van der Waals surface area (Å²) in [5.41, 5.74) is 1.83. The number of amides is 1. The summed E-state index contributed by atoms with van der Waals surface area (Å²) in [6.07, 6.45) is 0. The van der Waals surface area contributed by atoms with Crippen LogP contribution in [0.1, 0.15) is 15.9 Å². The van der Waals surface area contributed by atoms with Crippen molar-refractivity contribution in [2.24, 2.45) is 0 Å². The summed E-state index contributed by atoms with van der Waals surface area (Å²) in [4.78, 5) is 15.0. The highest BCUT2D eigenvalue weighted by molar-refractivity contribution is 8.12. The number of carbonyl (C=O) groups is 1. The molecule has 0 atom stereocenters. The van der Waals surface area contributed by atoms with E-state index in [0.29, 0.717) is 5.56 Å². The van der Waals surface area contributed by atoms with Crippen molar-refractivity contribution in [2.45, 2.75) is 16.7 Å². The third-order valence-corrected chi connectivity index (χ3v) is 5.40. The summed E-state index contributed by atoms with van der Waals surface area (Å²) in [7, 11) is 0. The van der Waals surface area contributed by atoms with Crippen molar-refractivity contribution in [3.63, 3.8) is 0 Å². The highest BCUT2D eigenvalue weighted by Crippen LogP contribution is 2.35. The van der Waals surface area contributed by atoms with Gasteiger partial charge in [0.15, 0.2) is 0 Å². The molecule has 3 aromatic carbocycles. The van der Waals surface area contributed by atoms with Crippen LogP contribution in [0.15, 0.2) is 94.7 Å². The van der Waals surface area contributed by atoms with E-state index in [0.717, 1.165) is 15.4 Å². The van der Waals surface area contributed by atoms with E-state index in [1.807, 2.05) is 91.9 Å². The summed E-state index contributed by atoms with van der Waals surface area (Å²) in [6, 6.07) is 27.6. The smallest absolute Gasteiger partial charge is 0.267 e. The fraction of sp³-hybridized carbons (Fsp3) is 0.0500. The van der Waals surface area contributed by atoms with Crippen molar-refractivity contribution >= 4 is 29.8 Å². The van der Waals surface area contributed by atoms with Crippen LogP contribution in [0.25, 0.3) is 0 Å². The zero-order valence-corrected chi connectivity index (χ0v) is 14.9. The van der Waals surface area contributed by atoms with E-state index < -0.39 is 0 Å². The Morgan fingerprint density at radius 3 is 1.62 bits per heavy atom. The van der Waals surface area contributed by atoms with Crippen LogP contribution in [0.5, 0.6) is 0 Å². The average molecular weight is 351 g/mol. The van der Waals surface area contributed by atoms with Gasteiger partial charge in [-0.05, 0) is 43.3 Å². The number of hydrogen-bond donors (Lipinski definition) is 0. The Kier molecular flexibility index (Phi) is 5.62. The minimum atomic E-state index is -0.0160. The minimum Gasteiger partial charge on any atom is -0.267 e. The molecule has 0 bridgehead atoms. The van der Waals surface area contributed by atoms with Gasteiger partial charge in [-0.1, -0.05) is 54.1 Å². The first kappa shape index (κ1) is 16.7. The normalized spacial score (nSPS) is 10.4. The SMILES string of the molecule is Cc1ccc(C(=O)N(Sc2ccccc2)Sc2ccccc2)cc1. The van der Waals surface area contributed by atoms with Crippen molar-refractivity contribution in [1.82, 2.24) is 3.71 Å². The van der Waals surface area contributed by atoms with Gasteiger partial charge in [-0.25, -0.2) is 3.71 Å². The Morgan fingerprint density at radius 1 is 0.708 bits per heavy atom. The number of hydrogen-bond acceptors (Lipinski definition) is 3. The Hall–Kier alpha value is -2.17. The highest BCUT2D eigenvalue weighted by Gasteiger charge is 2.19. The summed E-state index contributed by atoms with van der Waals surface area (Å²) >= 11 is 2.87. The molecular weight excluding hydrogens is 334 g/mol. The second-order valence-electron chi connectivity index (χ2n) is 5.24. The first-order valence-electron chi connectivity index (χ1n) is 7.59. The zero-order chi connectivity index (χ0) is 16.8. The molecule has 120 valence electrons. The minimum absolute atomic E-state index is 0.0160. The van der Waals surface area contributed by atoms with E-state index in [1.54, 1.807) is 3.71 Å². The predicted octanol–water partition coefficient (Wildman–Crippen LogP) is 5.85. The van der Waals surface area contributed by atoms with Crippen LogP contribution < -0.4 is 0 Å². The summed E-state index contributed by atoms with van der Waals surface area (Å²) in [5, 5.41) is 0. The molecule has 0 aliphatic rings. The molecule has 0 heterocycles. The van der Waals surface area contributed by atoms with Crippen molar-refractivity contribution in [3.8, 4) is 0 Å². The molecule has 1 amide bonds. The lowest BCUT2D eigenvalue weighted by Crippen LogP contribution is -2.17. The maximum absolute atomic E-state index is 12.9. The summed E-state index contributed by atoms with van der Waals surface area (Å²) in [6.45, 7) is 2.02. The molecule has 0 aliphatic heterocycles. The first-order valence-corrected chi connectivity index (χ1v) is 9.14. The molecule has 2 nitrogen and oxygen atoms in total. The predicted molar refractivity (Wildman–Crippen MR) is 102 cm³/mol. The van der Waals surface area contributed by atoms with E-state index >= 15 is 0 Å². The standard InChI is InChI=1S/C20H17NOS2/c1-16-12-14-17(15-13-16)20(22)21(23-18-8-4-2-5-9-18)24-19-10-6-3-7-11-19/h2-15H,1H3. The molecule has 0 fully saturated rings. The Morgan fingerprint density at radius 2 is 1.17 bits per heavy atom. The van der Waals surface area contributed by atoms with Gasteiger partial charge in [-0.3, -0.25) is 4.79 Å². The Bertz CT molecular complexity index is 747. The van der Waals surface area contributed by atoms with Gasteiger partial charge in [0.1, 0.15) is 0 Å². The third-order valence-electron chi connectivity index (χ3n) is 3.33. The molecule has 0 aliphatic carbocycles. The quantitative estimate of drug-likeness (QED) is 0.538. The fourth-order valence-electron chi connectivity index (χ4n) is 2.06. The lowest BCUT2D eigenvalue weighted by Gasteiger charge is -2.20.